The zero-order valence-corrected chi connectivity index (χ0v) is 2.60. The predicted molar refractivity (Wildman–Crippen MR) is 14.9 cm³/mol. The van der Waals surface area contributed by atoms with E-state index < -0.39 is 0 Å². The van der Waals surface area contributed by atoms with Crippen molar-refractivity contribution in [3.05, 3.63) is 12.5 Å². The van der Waals surface area contributed by atoms with Crippen molar-refractivity contribution in [2.75, 3.05) is 6.79 Å². The molecule has 0 N–H and O–H groups in total. The Balaban J connectivity index is 2.32. The Morgan fingerprint density at radius 3 is 3.00 bits per heavy atom. The summed E-state index contributed by atoms with van der Waals surface area (Å²) in [6.07, 6.45) is 3.76. The molecule has 0 aromatic heterocycles. The average molecular weight is 71.1 g/mol. The molecule has 5 heavy (non-hydrogen) atoms. The summed E-state index contributed by atoms with van der Waals surface area (Å²) in [6, 6.07) is 0. The fourth-order valence-electron chi connectivity index (χ4n) is 0.170. The van der Waals surface area contributed by atoms with Crippen LogP contribution in [0, 0.1) is 6.26 Å². The van der Waals surface area contributed by atoms with Gasteiger partial charge in [-0.15, -0.1) is 0 Å². The molecule has 1 aliphatic rings. The molecular formula is C3H3O2. The first-order chi connectivity index (χ1) is 2.50. The van der Waals surface area contributed by atoms with E-state index in [2.05, 4.69) is 15.7 Å². The van der Waals surface area contributed by atoms with Gasteiger partial charge in [-0.05, 0) is 0 Å². The fraction of sp³-hybridized carbons (Fsp3) is 0.333. The van der Waals surface area contributed by atoms with Gasteiger partial charge in [0.2, 0.25) is 13.1 Å². The molecule has 0 unspecified atom stereocenters. The van der Waals surface area contributed by atoms with Crippen molar-refractivity contribution in [3.8, 4) is 0 Å². The molecule has 0 atom stereocenters. The lowest BCUT2D eigenvalue weighted by Crippen LogP contribution is -1.75. The molecule has 0 aromatic carbocycles. The lowest BCUT2D eigenvalue weighted by atomic mass is 11.1. The lowest BCUT2D eigenvalue weighted by molar-refractivity contribution is 0.0854. The van der Waals surface area contributed by atoms with Crippen molar-refractivity contribution in [2.45, 2.75) is 0 Å². The minimum Gasteiger partial charge on any atom is -0.461 e. The van der Waals surface area contributed by atoms with Crippen LogP contribution >= 0.6 is 0 Å². The second-order valence-corrected chi connectivity index (χ2v) is 0.665. The van der Waals surface area contributed by atoms with E-state index in [4.69, 9.17) is 0 Å². The first-order valence-corrected chi connectivity index (χ1v) is 1.31. The monoisotopic (exact) mass is 71.0 g/mol. The van der Waals surface area contributed by atoms with Crippen molar-refractivity contribution < 1.29 is 9.47 Å². The van der Waals surface area contributed by atoms with E-state index in [0.717, 1.165) is 0 Å². The molecule has 0 aromatic rings. The largest absolute Gasteiger partial charge is 0.461 e. The van der Waals surface area contributed by atoms with Crippen LogP contribution in [-0.2, 0) is 9.47 Å². The Hall–Kier alpha value is -0.660. The molecule has 0 fully saturated rings. The molecule has 2 nitrogen and oxygen atoms in total. The van der Waals surface area contributed by atoms with Gasteiger partial charge in [0.25, 0.3) is 0 Å². The Kier molecular flexibility index (Phi) is 0.499. The molecule has 1 heterocycles. The Bertz CT molecular complexity index is 42.9. The minimum absolute atomic E-state index is 0.333. The summed E-state index contributed by atoms with van der Waals surface area (Å²) in [4.78, 5) is 0. The standard InChI is InChI=1S/C3H3O2/c1-2-5-3-4-1/h1H,3H2. The molecule has 1 rings (SSSR count). The number of hydrogen-bond acceptors (Lipinski definition) is 2. The molecule has 0 saturated carbocycles. The summed E-state index contributed by atoms with van der Waals surface area (Å²) in [7, 11) is 0. The third-order valence-corrected chi connectivity index (χ3v) is 0.342. The van der Waals surface area contributed by atoms with Crippen LogP contribution in [0.25, 0.3) is 0 Å². The van der Waals surface area contributed by atoms with Gasteiger partial charge in [0, 0.05) is 0 Å². The second kappa shape index (κ2) is 0.971. The zero-order valence-electron chi connectivity index (χ0n) is 2.60. The van der Waals surface area contributed by atoms with Crippen molar-refractivity contribution in [3.63, 3.8) is 0 Å². The molecule has 2 heteroatoms. The third-order valence-electron chi connectivity index (χ3n) is 0.342. The van der Waals surface area contributed by atoms with Crippen LogP contribution in [0.15, 0.2) is 6.26 Å². The highest BCUT2D eigenvalue weighted by molar-refractivity contribution is 4.53. The molecule has 0 bridgehead atoms. The maximum atomic E-state index is 4.49. The SMILES string of the molecule is [C]1=COCO1. The zero-order chi connectivity index (χ0) is 3.54. The van der Waals surface area contributed by atoms with Gasteiger partial charge in [-0.3, -0.25) is 0 Å². The van der Waals surface area contributed by atoms with E-state index in [-0.39, 0.29) is 0 Å². The third kappa shape index (κ3) is 0.318. The van der Waals surface area contributed by atoms with E-state index in [0.29, 0.717) is 6.79 Å². The van der Waals surface area contributed by atoms with Crippen LogP contribution in [0.3, 0.4) is 0 Å². The first-order valence-electron chi connectivity index (χ1n) is 1.31. The lowest BCUT2D eigenvalue weighted by Gasteiger charge is -1.81. The van der Waals surface area contributed by atoms with Crippen LogP contribution in [0.5, 0.6) is 0 Å². The van der Waals surface area contributed by atoms with Crippen LogP contribution in [0.1, 0.15) is 0 Å². The van der Waals surface area contributed by atoms with Gasteiger partial charge in [0.05, 0.1) is 0 Å². The van der Waals surface area contributed by atoms with Crippen LogP contribution in [0.4, 0.5) is 0 Å². The summed E-state index contributed by atoms with van der Waals surface area (Å²) in [6.45, 7) is 0.333. The second-order valence-electron chi connectivity index (χ2n) is 0.665. The highest BCUT2D eigenvalue weighted by Crippen LogP contribution is 1.87. The smallest absolute Gasteiger partial charge is 0.230 e. The van der Waals surface area contributed by atoms with Gasteiger partial charge in [-0.25, -0.2) is 0 Å². The van der Waals surface area contributed by atoms with Gasteiger partial charge >= 0.3 is 0 Å². The first kappa shape index (κ1) is 2.57. The van der Waals surface area contributed by atoms with Crippen LogP contribution in [0.2, 0.25) is 0 Å². The highest BCUT2D eigenvalue weighted by atomic mass is 16.7. The number of hydrogen-bond donors (Lipinski definition) is 0. The Morgan fingerprint density at radius 2 is 2.80 bits per heavy atom. The van der Waals surface area contributed by atoms with Crippen LogP contribution in [-0.4, -0.2) is 6.79 Å². The van der Waals surface area contributed by atoms with Crippen LogP contribution < -0.4 is 0 Å². The molecule has 0 aliphatic carbocycles. The van der Waals surface area contributed by atoms with Crippen molar-refractivity contribution >= 4 is 0 Å². The predicted octanol–water partition coefficient (Wildman–Crippen LogP) is 0.265. The maximum absolute atomic E-state index is 4.49. The van der Waals surface area contributed by atoms with E-state index in [9.17, 15) is 0 Å². The summed E-state index contributed by atoms with van der Waals surface area (Å²) >= 11 is 0. The molecule has 0 saturated heterocycles. The van der Waals surface area contributed by atoms with Gasteiger partial charge in [-0.1, -0.05) is 0 Å². The molecule has 0 spiro atoms. The van der Waals surface area contributed by atoms with Crippen molar-refractivity contribution in [1.29, 1.82) is 0 Å². The van der Waals surface area contributed by atoms with Gasteiger partial charge in [0.15, 0.2) is 0 Å². The summed E-state index contributed by atoms with van der Waals surface area (Å²) in [5.74, 6) is 0. The Labute approximate surface area is 30.0 Å². The summed E-state index contributed by atoms with van der Waals surface area (Å²) < 4.78 is 8.90. The quantitative estimate of drug-likeness (QED) is 0.408. The Morgan fingerprint density at radius 1 is 1.80 bits per heavy atom. The highest BCUT2D eigenvalue weighted by Gasteiger charge is 1.84. The topological polar surface area (TPSA) is 18.5 Å². The molecular weight excluding hydrogens is 68.0 g/mol. The van der Waals surface area contributed by atoms with Gasteiger partial charge in [-0.2, -0.15) is 0 Å². The van der Waals surface area contributed by atoms with Gasteiger partial charge in [0.1, 0.15) is 6.26 Å². The molecule has 1 aliphatic heterocycles. The van der Waals surface area contributed by atoms with E-state index in [1.807, 2.05) is 0 Å². The molecule has 1 radical (unpaired) electrons. The fourth-order valence-corrected chi connectivity index (χ4v) is 0.170. The van der Waals surface area contributed by atoms with Crippen molar-refractivity contribution in [1.82, 2.24) is 0 Å². The number of ether oxygens (including phenoxy) is 2. The van der Waals surface area contributed by atoms with Crippen molar-refractivity contribution in [2.24, 2.45) is 0 Å². The minimum atomic E-state index is 0.333. The number of rotatable bonds is 0. The summed E-state index contributed by atoms with van der Waals surface area (Å²) in [5, 5.41) is 0. The normalized spacial score (nSPS) is 17.6. The van der Waals surface area contributed by atoms with E-state index in [1.165, 1.54) is 6.26 Å². The molecule has 27 valence electrons. The van der Waals surface area contributed by atoms with E-state index in [1.54, 1.807) is 0 Å². The summed E-state index contributed by atoms with van der Waals surface area (Å²) in [5.41, 5.74) is 0. The average Bonchev–Trinajstić information content (AvgIpc) is 1.76. The van der Waals surface area contributed by atoms with Gasteiger partial charge < -0.3 is 9.47 Å². The molecule has 0 amide bonds. The van der Waals surface area contributed by atoms with E-state index >= 15 is 0 Å². The maximum Gasteiger partial charge on any atom is 0.230 e.